The standard InChI is InChI=1S/C16H26N4/c1-2-3-15-18-16(17)20(19-15)9-14-12-5-10-4-11(7-12)8-13(14)6-10/h10-14H,2-9H2,1H3,(H2,17,18,19). The Balaban J connectivity index is 1.51. The summed E-state index contributed by atoms with van der Waals surface area (Å²) in [6, 6.07) is 0. The molecule has 0 amide bonds. The van der Waals surface area contributed by atoms with Crippen LogP contribution in [-0.2, 0) is 13.0 Å². The van der Waals surface area contributed by atoms with Crippen molar-refractivity contribution in [2.75, 3.05) is 5.73 Å². The molecule has 0 unspecified atom stereocenters. The van der Waals surface area contributed by atoms with E-state index in [1.165, 1.54) is 32.1 Å². The second kappa shape index (κ2) is 4.74. The van der Waals surface area contributed by atoms with Crippen LogP contribution >= 0.6 is 0 Å². The minimum atomic E-state index is 0.627. The number of aryl methyl sites for hydroxylation is 1. The lowest BCUT2D eigenvalue weighted by Gasteiger charge is -2.54. The van der Waals surface area contributed by atoms with Crippen LogP contribution in [0.3, 0.4) is 0 Å². The fourth-order valence-electron chi connectivity index (χ4n) is 5.40. The third-order valence-corrected chi connectivity index (χ3v) is 6.02. The topological polar surface area (TPSA) is 56.7 Å². The van der Waals surface area contributed by atoms with Crippen LogP contribution in [0.2, 0.25) is 0 Å². The number of hydrogen-bond acceptors (Lipinski definition) is 3. The number of rotatable bonds is 4. The average Bonchev–Trinajstić information content (AvgIpc) is 2.74. The van der Waals surface area contributed by atoms with Gasteiger partial charge in [0.1, 0.15) is 0 Å². The van der Waals surface area contributed by atoms with Crippen molar-refractivity contribution < 1.29 is 0 Å². The third kappa shape index (κ3) is 2.04. The van der Waals surface area contributed by atoms with Crippen LogP contribution in [-0.4, -0.2) is 14.8 Å². The second-order valence-corrected chi connectivity index (χ2v) is 7.41. The van der Waals surface area contributed by atoms with Crippen LogP contribution in [0.4, 0.5) is 5.95 Å². The lowest BCUT2D eigenvalue weighted by Crippen LogP contribution is -2.46. The molecule has 0 atom stereocenters. The summed E-state index contributed by atoms with van der Waals surface area (Å²) in [5.74, 6) is 6.31. The summed E-state index contributed by atoms with van der Waals surface area (Å²) < 4.78 is 2.00. The summed E-state index contributed by atoms with van der Waals surface area (Å²) in [7, 11) is 0. The summed E-state index contributed by atoms with van der Waals surface area (Å²) in [5.41, 5.74) is 6.06. The first-order valence-corrected chi connectivity index (χ1v) is 8.42. The van der Waals surface area contributed by atoms with Gasteiger partial charge in [0.05, 0.1) is 0 Å². The summed E-state index contributed by atoms with van der Waals surface area (Å²) in [4.78, 5) is 4.41. The van der Waals surface area contributed by atoms with E-state index in [9.17, 15) is 0 Å². The first kappa shape index (κ1) is 12.7. The molecule has 0 aromatic carbocycles. The van der Waals surface area contributed by atoms with Crippen LogP contribution in [0.5, 0.6) is 0 Å². The Kier molecular flexibility index (Phi) is 3.00. The zero-order chi connectivity index (χ0) is 13.7. The summed E-state index contributed by atoms with van der Waals surface area (Å²) in [6.45, 7) is 3.17. The molecule has 5 rings (SSSR count). The van der Waals surface area contributed by atoms with Gasteiger partial charge in [-0.05, 0) is 68.1 Å². The van der Waals surface area contributed by atoms with E-state index in [2.05, 4.69) is 17.0 Å². The number of nitrogen functional groups attached to an aromatic ring is 1. The predicted octanol–water partition coefficient (Wildman–Crippen LogP) is 2.89. The maximum Gasteiger partial charge on any atom is 0.218 e. The van der Waals surface area contributed by atoms with Crippen molar-refractivity contribution in [2.45, 2.75) is 58.4 Å². The van der Waals surface area contributed by atoms with Crippen molar-refractivity contribution in [2.24, 2.45) is 29.6 Å². The number of anilines is 1. The quantitative estimate of drug-likeness (QED) is 0.918. The molecular weight excluding hydrogens is 248 g/mol. The molecule has 1 heterocycles. The number of aromatic nitrogens is 3. The molecule has 0 radical (unpaired) electrons. The Labute approximate surface area is 121 Å². The van der Waals surface area contributed by atoms with Gasteiger partial charge in [0.25, 0.3) is 0 Å². The molecule has 0 aliphatic heterocycles. The Hall–Kier alpha value is -1.06. The molecule has 1 aromatic heterocycles. The van der Waals surface area contributed by atoms with E-state index < -0.39 is 0 Å². The van der Waals surface area contributed by atoms with E-state index in [1.54, 1.807) is 0 Å². The monoisotopic (exact) mass is 274 g/mol. The van der Waals surface area contributed by atoms with Crippen molar-refractivity contribution in [1.29, 1.82) is 0 Å². The molecule has 4 aliphatic carbocycles. The van der Waals surface area contributed by atoms with E-state index in [0.717, 1.165) is 54.8 Å². The minimum Gasteiger partial charge on any atom is -0.368 e. The van der Waals surface area contributed by atoms with Gasteiger partial charge in [-0.25, -0.2) is 4.68 Å². The maximum atomic E-state index is 6.06. The molecule has 4 fully saturated rings. The van der Waals surface area contributed by atoms with Crippen LogP contribution < -0.4 is 5.73 Å². The molecule has 110 valence electrons. The third-order valence-electron chi connectivity index (χ3n) is 6.02. The average molecular weight is 274 g/mol. The molecule has 4 heteroatoms. The predicted molar refractivity (Wildman–Crippen MR) is 79.0 cm³/mol. The highest BCUT2D eigenvalue weighted by atomic mass is 15.4. The highest BCUT2D eigenvalue weighted by molar-refractivity contribution is 5.16. The largest absolute Gasteiger partial charge is 0.368 e. The van der Waals surface area contributed by atoms with Crippen molar-refractivity contribution in [1.82, 2.24) is 14.8 Å². The molecule has 4 nitrogen and oxygen atoms in total. The lowest BCUT2D eigenvalue weighted by molar-refractivity contribution is -0.0440. The molecule has 2 N–H and O–H groups in total. The van der Waals surface area contributed by atoms with Crippen molar-refractivity contribution in [3.63, 3.8) is 0 Å². The number of nitrogens with two attached hydrogens (primary N) is 1. The Morgan fingerprint density at radius 2 is 1.75 bits per heavy atom. The van der Waals surface area contributed by atoms with Gasteiger partial charge in [-0.15, -0.1) is 0 Å². The molecule has 0 spiro atoms. The van der Waals surface area contributed by atoms with E-state index in [-0.39, 0.29) is 0 Å². The van der Waals surface area contributed by atoms with E-state index in [1.807, 2.05) is 4.68 Å². The van der Waals surface area contributed by atoms with Gasteiger partial charge < -0.3 is 5.73 Å². The zero-order valence-corrected chi connectivity index (χ0v) is 12.5. The van der Waals surface area contributed by atoms with Gasteiger partial charge in [0, 0.05) is 13.0 Å². The van der Waals surface area contributed by atoms with Gasteiger partial charge in [0.2, 0.25) is 5.95 Å². The Morgan fingerprint density at radius 1 is 1.10 bits per heavy atom. The van der Waals surface area contributed by atoms with Gasteiger partial charge in [-0.1, -0.05) is 6.92 Å². The summed E-state index contributed by atoms with van der Waals surface area (Å²) in [6.07, 6.45) is 9.41. The Bertz CT molecular complexity index is 465. The van der Waals surface area contributed by atoms with Crippen LogP contribution in [0, 0.1) is 29.6 Å². The number of nitrogens with zero attached hydrogens (tertiary/aromatic N) is 3. The number of hydrogen-bond donors (Lipinski definition) is 1. The van der Waals surface area contributed by atoms with E-state index in [0.29, 0.717) is 5.95 Å². The van der Waals surface area contributed by atoms with Crippen molar-refractivity contribution >= 4 is 5.95 Å². The maximum absolute atomic E-state index is 6.06. The SMILES string of the molecule is CCCc1nc(N)n(CC2C3CC4CC(C3)CC2C4)n1. The minimum absolute atomic E-state index is 0.627. The molecular formula is C16H26N4. The summed E-state index contributed by atoms with van der Waals surface area (Å²) >= 11 is 0. The first-order valence-electron chi connectivity index (χ1n) is 8.42. The molecule has 1 aromatic rings. The van der Waals surface area contributed by atoms with Gasteiger partial charge in [0.15, 0.2) is 5.82 Å². The van der Waals surface area contributed by atoms with Gasteiger partial charge in [-0.2, -0.15) is 10.1 Å². The van der Waals surface area contributed by atoms with Crippen LogP contribution in [0.25, 0.3) is 0 Å². The smallest absolute Gasteiger partial charge is 0.218 e. The second-order valence-electron chi connectivity index (χ2n) is 7.41. The molecule has 20 heavy (non-hydrogen) atoms. The fraction of sp³-hybridized carbons (Fsp3) is 0.875. The van der Waals surface area contributed by atoms with E-state index in [4.69, 9.17) is 5.73 Å². The lowest BCUT2D eigenvalue weighted by atomic mass is 9.52. The van der Waals surface area contributed by atoms with Gasteiger partial charge >= 0.3 is 0 Å². The summed E-state index contributed by atoms with van der Waals surface area (Å²) in [5, 5.41) is 4.63. The van der Waals surface area contributed by atoms with Crippen LogP contribution in [0.1, 0.15) is 51.3 Å². The highest BCUT2D eigenvalue weighted by Gasteiger charge is 2.48. The van der Waals surface area contributed by atoms with Crippen LogP contribution in [0.15, 0.2) is 0 Å². The van der Waals surface area contributed by atoms with Crippen molar-refractivity contribution in [3.05, 3.63) is 5.82 Å². The molecule has 4 aliphatic rings. The molecule has 4 bridgehead atoms. The zero-order valence-electron chi connectivity index (χ0n) is 12.5. The normalized spacial score (nSPS) is 38.5. The Morgan fingerprint density at radius 3 is 2.35 bits per heavy atom. The van der Waals surface area contributed by atoms with Crippen molar-refractivity contribution in [3.8, 4) is 0 Å². The molecule has 4 saturated carbocycles. The molecule has 0 saturated heterocycles. The van der Waals surface area contributed by atoms with Gasteiger partial charge in [-0.3, -0.25) is 0 Å². The highest BCUT2D eigenvalue weighted by Crippen LogP contribution is 2.56. The fourth-order valence-corrected chi connectivity index (χ4v) is 5.40. The van der Waals surface area contributed by atoms with E-state index >= 15 is 0 Å². The first-order chi connectivity index (χ1) is 9.72.